The molecule has 5 nitrogen and oxygen atoms in total. The predicted molar refractivity (Wildman–Crippen MR) is 96.2 cm³/mol. The monoisotopic (exact) mass is 426 g/mol. The van der Waals surface area contributed by atoms with E-state index in [0.717, 1.165) is 18.2 Å². The Morgan fingerprint density at radius 2 is 1.76 bits per heavy atom. The van der Waals surface area contributed by atoms with E-state index in [1.165, 1.54) is 36.5 Å². The fourth-order valence-corrected chi connectivity index (χ4v) is 3.39. The van der Waals surface area contributed by atoms with Crippen molar-refractivity contribution in [1.82, 2.24) is 9.71 Å². The summed E-state index contributed by atoms with van der Waals surface area (Å²) < 4.78 is 83.6. The van der Waals surface area contributed by atoms with Gasteiger partial charge in [-0.15, -0.1) is 0 Å². The normalized spacial score (nSPS) is 12.0. The van der Waals surface area contributed by atoms with Crippen molar-refractivity contribution in [3.05, 3.63) is 83.8 Å². The van der Waals surface area contributed by atoms with Crippen LogP contribution in [0.1, 0.15) is 11.1 Å². The molecule has 0 bridgehead atoms. The minimum absolute atomic E-state index is 0.167. The molecule has 0 fully saturated rings. The van der Waals surface area contributed by atoms with Crippen molar-refractivity contribution in [1.29, 1.82) is 0 Å². The lowest BCUT2D eigenvalue weighted by atomic mass is 10.2. The van der Waals surface area contributed by atoms with Gasteiger partial charge >= 0.3 is 6.18 Å². The summed E-state index contributed by atoms with van der Waals surface area (Å²) in [6.07, 6.45) is -3.31. The molecule has 0 amide bonds. The van der Waals surface area contributed by atoms with Gasteiger partial charge in [0, 0.05) is 24.9 Å². The molecule has 0 aliphatic carbocycles. The highest BCUT2D eigenvalue weighted by molar-refractivity contribution is 7.89. The number of rotatable bonds is 6. The predicted octanol–water partition coefficient (Wildman–Crippen LogP) is 4.51. The van der Waals surface area contributed by atoms with Crippen LogP contribution in [0.2, 0.25) is 0 Å². The molecule has 0 spiro atoms. The van der Waals surface area contributed by atoms with Gasteiger partial charge in [-0.25, -0.2) is 22.5 Å². The quantitative estimate of drug-likeness (QED) is 0.589. The van der Waals surface area contributed by atoms with Crippen molar-refractivity contribution in [2.24, 2.45) is 0 Å². The van der Waals surface area contributed by atoms with Gasteiger partial charge in [0.1, 0.15) is 11.6 Å². The average molecular weight is 426 g/mol. The number of nitrogens with zero attached hydrogens (tertiary/aromatic N) is 1. The van der Waals surface area contributed by atoms with Gasteiger partial charge in [-0.2, -0.15) is 13.2 Å². The number of pyridine rings is 1. The molecule has 0 aliphatic heterocycles. The number of aromatic nitrogens is 1. The SMILES string of the molecule is O=S(=O)(NCc1ccc(Oc2cccc(F)c2)nc1)c1cccc(C(F)(F)F)c1. The third-order valence-electron chi connectivity index (χ3n) is 3.75. The van der Waals surface area contributed by atoms with Crippen LogP contribution in [0.15, 0.2) is 71.8 Å². The van der Waals surface area contributed by atoms with Crippen molar-refractivity contribution in [2.75, 3.05) is 0 Å². The molecule has 2 aromatic carbocycles. The number of nitrogens with one attached hydrogen (secondary N) is 1. The Labute approximate surface area is 164 Å². The van der Waals surface area contributed by atoms with Gasteiger partial charge in [0.05, 0.1) is 10.5 Å². The maximum Gasteiger partial charge on any atom is 0.416 e. The van der Waals surface area contributed by atoms with Crippen LogP contribution < -0.4 is 9.46 Å². The lowest BCUT2D eigenvalue weighted by Crippen LogP contribution is -2.23. The third-order valence-corrected chi connectivity index (χ3v) is 5.15. The van der Waals surface area contributed by atoms with E-state index in [2.05, 4.69) is 9.71 Å². The Bertz CT molecular complexity index is 1100. The lowest BCUT2D eigenvalue weighted by molar-refractivity contribution is -0.137. The van der Waals surface area contributed by atoms with Gasteiger partial charge in [-0.1, -0.05) is 18.2 Å². The van der Waals surface area contributed by atoms with E-state index in [0.29, 0.717) is 11.6 Å². The zero-order chi connectivity index (χ0) is 21.1. The maximum absolute atomic E-state index is 13.1. The first kappa shape index (κ1) is 20.7. The molecule has 0 saturated carbocycles. The van der Waals surface area contributed by atoms with Gasteiger partial charge in [0.25, 0.3) is 0 Å². The van der Waals surface area contributed by atoms with Gasteiger partial charge in [-0.05, 0) is 35.9 Å². The van der Waals surface area contributed by atoms with E-state index in [1.807, 2.05) is 0 Å². The molecular weight excluding hydrogens is 412 g/mol. The van der Waals surface area contributed by atoms with E-state index in [1.54, 1.807) is 6.07 Å². The molecule has 1 heterocycles. The van der Waals surface area contributed by atoms with Gasteiger partial charge in [0.2, 0.25) is 15.9 Å². The molecule has 3 rings (SSSR count). The summed E-state index contributed by atoms with van der Waals surface area (Å²) in [5.74, 6) is -0.0568. The molecule has 0 unspecified atom stereocenters. The molecule has 0 radical (unpaired) electrons. The van der Waals surface area contributed by atoms with Crippen molar-refractivity contribution in [3.63, 3.8) is 0 Å². The summed E-state index contributed by atoms with van der Waals surface area (Å²) in [5, 5.41) is 0. The van der Waals surface area contributed by atoms with Crippen LogP contribution >= 0.6 is 0 Å². The molecule has 152 valence electrons. The largest absolute Gasteiger partial charge is 0.439 e. The second-order valence-corrected chi connectivity index (χ2v) is 7.68. The Morgan fingerprint density at radius 1 is 1.00 bits per heavy atom. The summed E-state index contributed by atoms with van der Waals surface area (Å²) in [4.78, 5) is 3.50. The topological polar surface area (TPSA) is 68.3 Å². The first-order valence-corrected chi connectivity index (χ1v) is 9.67. The highest BCUT2D eigenvalue weighted by atomic mass is 32.2. The molecular formula is C19H14F4N2O3S. The van der Waals surface area contributed by atoms with Crippen LogP contribution in [0.3, 0.4) is 0 Å². The van der Waals surface area contributed by atoms with Crippen LogP contribution in [0, 0.1) is 5.82 Å². The van der Waals surface area contributed by atoms with E-state index in [-0.39, 0.29) is 18.2 Å². The van der Waals surface area contributed by atoms with E-state index < -0.39 is 32.5 Å². The van der Waals surface area contributed by atoms with Gasteiger partial charge in [0.15, 0.2) is 0 Å². The van der Waals surface area contributed by atoms with Crippen LogP contribution in [-0.4, -0.2) is 13.4 Å². The lowest BCUT2D eigenvalue weighted by Gasteiger charge is -2.10. The molecule has 1 aromatic heterocycles. The fraction of sp³-hybridized carbons (Fsp3) is 0.105. The molecule has 3 aromatic rings. The minimum atomic E-state index is -4.65. The number of halogens is 4. The molecule has 0 aliphatic rings. The van der Waals surface area contributed by atoms with Crippen molar-refractivity contribution < 1.29 is 30.7 Å². The van der Waals surface area contributed by atoms with Crippen molar-refractivity contribution in [3.8, 4) is 11.6 Å². The molecule has 29 heavy (non-hydrogen) atoms. The Kier molecular flexibility index (Phi) is 5.85. The first-order valence-electron chi connectivity index (χ1n) is 8.19. The number of hydrogen-bond donors (Lipinski definition) is 1. The molecule has 10 heteroatoms. The summed E-state index contributed by atoms with van der Waals surface area (Å²) in [6, 6.07) is 11.9. The second kappa shape index (κ2) is 8.18. The Hall–Kier alpha value is -2.98. The minimum Gasteiger partial charge on any atom is -0.439 e. The Morgan fingerprint density at radius 3 is 2.41 bits per heavy atom. The van der Waals surface area contributed by atoms with E-state index >= 15 is 0 Å². The Balaban J connectivity index is 1.66. The van der Waals surface area contributed by atoms with E-state index in [9.17, 15) is 26.0 Å². The summed E-state index contributed by atoms with van der Waals surface area (Å²) in [6.45, 7) is -0.189. The van der Waals surface area contributed by atoms with E-state index in [4.69, 9.17) is 4.74 Å². The number of alkyl halides is 3. The van der Waals surface area contributed by atoms with Crippen LogP contribution in [0.4, 0.5) is 17.6 Å². The third kappa shape index (κ3) is 5.52. The van der Waals surface area contributed by atoms with Gasteiger partial charge in [-0.3, -0.25) is 0 Å². The summed E-state index contributed by atoms with van der Waals surface area (Å²) >= 11 is 0. The highest BCUT2D eigenvalue weighted by Crippen LogP contribution is 2.30. The molecule has 0 atom stereocenters. The highest BCUT2D eigenvalue weighted by Gasteiger charge is 2.31. The maximum atomic E-state index is 13.1. The number of ether oxygens (including phenoxy) is 1. The van der Waals surface area contributed by atoms with Crippen molar-refractivity contribution in [2.45, 2.75) is 17.6 Å². The average Bonchev–Trinajstić information content (AvgIpc) is 2.67. The second-order valence-electron chi connectivity index (χ2n) is 5.91. The number of hydrogen-bond acceptors (Lipinski definition) is 4. The number of benzene rings is 2. The number of sulfonamides is 1. The van der Waals surface area contributed by atoms with Crippen LogP contribution in [0.5, 0.6) is 11.6 Å². The smallest absolute Gasteiger partial charge is 0.416 e. The van der Waals surface area contributed by atoms with Crippen LogP contribution in [0.25, 0.3) is 0 Å². The summed E-state index contributed by atoms with van der Waals surface area (Å²) in [5.41, 5.74) is -0.604. The molecule has 0 saturated heterocycles. The van der Waals surface area contributed by atoms with Crippen molar-refractivity contribution >= 4 is 10.0 Å². The zero-order valence-electron chi connectivity index (χ0n) is 14.7. The molecule has 1 N–H and O–H groups in total. The van der Waals surface area contributed by atoms with Gasteiger partial charge < -0.3 is 4.74 Å². The fourth-order valence-electron chi connectivity index (χ4n) is 2.33. The standard InChI is InChI=1S/C19H14F4N2O3S/c20-15-4-2-5-16(10-15)28-18-8-7-13(11-24-18)12-25-29(26,27)17-6-1-3-14(9-17)19(21,22)23/h1-11,25H,12H2. The van der Waals surface area contributed by atoms with Crippen LogP contribution in [-0.2, 0) is 22.7 Å². The first-order chi connectivity index (χ1) is 13.6. The zero-order valence-corrected chi connectivity index (χ0v) is 15.5. The summed E-state index contributed by atoms with van der Waals surface area (Å²) in [7, 11) is -4.16.